The van der Waals surface area contributed by atoms with E-state index in [1.807, 2.05) is 19.6 Å². The van der Waals surface area contributed by atoms with E-state index >= 15 is 0 Å². The molecule has 0 aliphatic heterocycles. The molecule has 1 unspecified atom stereocenters. The fraction of sp³-hybridized carbons (Fsp3) is 1.00. The Morgan fingerprint density at radius 3 is 1.56 bits per heavy atom. The zero-order chi connectivity index (χ0) is 15.0. The average molecular weight is 329 g/mol. The molecule has 112 valence electrons. The highest BCUT2D eigenvalue weighted by Crippen LogP contribution is 2.20. The molecule has 1 N–H and O–H groups in total. The van der Waals surface area contributed by atoms with Crippen LogP contribution in [0.25, 0.3) is 0 Å². The van der Waals surface area contributed by atoms with Gasteiger partial charge in [0.2, 0.25) is 0 Å². The molecule has 18 heavy (non-hydrogen) atoms. The molecule has 0 amide bonds. The van der Waals surface area contributed by atoms with Crippen molar-refractivity contribution in [3.8, 4) is 0 Å². The molecule has 0 radical (unpaired) electrons. The number of aliphatic hydroxyl groups excluding tert-OH is 1. The molecule has 0 aromatic rings. The largest absolute Gasteiger partial charge is 0.437 e. The zero-order valence-electron chi connectivity index (χ0n) is 13.6. The van der Waals surface area contributed by atoms with Crippen LogP contribution in [0.15, 0.2) is 0 Å². The first-order valence-corrected chi connectivity index (χ1v) is 18.1. The fourth-order valence-electron chi connectivity index (χ4n) is 1.42. The van der Waals surface area contributed by atoms with Gasteiger partial charge in [-0.05, 0) is 39.3 Å². The highest BCUT2D eigenvalue weighted by molar-refractivity contribution is 6.86. The summed E-state index contributed by atoms with van der Waals surface area (Å²) in [5, 5.41) is 9.24. The lowest BCUT2D eigenvalue weighted by atomic mass is 11.7. The van der Waals surface area contributed by atoms with Crippen molar-refractivity contribution in [2.45, 2.75) is 52.4 Å². The average Bonchev–Trinajstić information content (AvgIpc) is 2.14. The van der Waals surface area contributed by atoms with Crippen LogP contribution in [-0.2, 0) is 12.7 Å². The fourth-order valence-corrected chi connectivity index (χ4v) is 12.7. The summed E-state index contributed by atoms with van der Waals surface area (Å²) in [5.74, 6) is 0. The van der Waals surface area contributed by atoms with E-state index in [4.69, 9.17) is 12.7 Å². The van der Waals surface area contributed by atoms with Gasteiger partial charge in [-0.1, -0.05) is 13.1 Å². The van der Waals surface area contributed by atoms with E-state index in [1.165, 1.54) is 0 Å². The summed E-state index contributed by atoms with van der Waals surface area (Å²) in [6, 6.07) is 0. The molecule has 0 heterocycles. The Hall–Kier alpha value is 0.708. The second kappa shape index (κ2) is 8.79. The van der Waals surface area contributed by atoms with Gasteiger partial charge in [0.25, 0.3) is 0 Å². The van der Waals surface area contributed by atoms with Gasteiger partial charge in [0.15, 0.2) is 8.32 Å². The summed E-state index contributed by atoms with van der Waals surface area (Å²) in [6.45, 7) is 16.8. The summed E-state index contributed by atoms with van der Waals surface area (Å²) in [6.07, 6.45) is -0.0327. The van der Waals surface area contributed by atoms with Crippen LogP contribution < -0.4 is 0 Å². The molecule has 0 fully saturated rings. The summed E-state index contributed by atoms with van der Waals surface area (Å²) in [5.41, 5.74) is 0. The molecule has 8 heteroatoms. The molecular formula is C10H32O4Si4. The highest BCUT2D eigenvalue weighted by atomic mass is 28.5. The Kier molecular flexibility index (Phi) is 10.3. The highest BCUT2D eigenvalue weighted by Gasteiger charge is 2.41. The van der Waals surface area contributed by atoms with E-state index in [2.05, 4.69) is 32.7 Å². The summed E-state index contributed by atoms with van der Waals surface area (Å²) < 4.78 is 17.2. The van der Waals surface area contributed by atoms with Gasteiger partial charge in [0, 0.05) is 16.6 Å². The molecule has 0 aromatic heterocycles. The van der Waals surface area contributed by atoms with Gasteiger partial charge in [-0.3, -0.25) is 0 Å². The van der Waals surface area contributed by atoms with Crippen LogP contribution in [0.1, 0.15) is 0 Å². The molecule has 0 spiro atoms. The van der Waals surface area contributed by atoms with Crippen LogP contribution in [0.3, 0.4) is 0 Å². The molecule has 0 saturated carbocycles. The topological polar surface area (TPSA) is 47.9 Å². The first kappa shape index (κ1) is 21.0. The van der Waals surface area contributed by atoms with E-state index in [-0.39, 0.29) is 6.23 Å². The van der Waals surface area contributed by atoms with Crippen molar-refractivity contribution in [1.29, 1.82) is 0 Å². The molecule has 0 aromatic carbocycles. The maximum Gasteiger partial charge on any atom is 0.352 e. The summed E-state index contributed by atoms with van der Waals surface area (Å²) >= 11 is 0. The van der Waals surface area contributed by atoms with E-state index < -0.39 is 25.4 Å². The monoisotopic (exact) mass is 328 g/mol. The first-order valence-electron chi connectivity index (χ1n) is 6.51. The third-order valence-electron chi connectivity index (χ3n) is 1.73. The van der Waals surface area contributed by atoms with Crippen molar-refractivity contribution in [2.24, 2.45) is 0 Å². The third kappa shape index (κ3) is 11.8. The number of hydrogen-bond acceptors (Lipinski definition) is 4. The van der Waals surface area contributed by atoms with Gasteiger partial charge in [-0.2, -0.15) is 0 Å². The first-order chi connectivity index (χ1) is 7.95. The Morgan fingerprint density at radius 1 is 0.944 bits per heavy atom. The van der Waals surface area contributed by atoms with Crippen molar-refractivity contribution in [3.05, 3.63) is 0 Å². The molecule has 4 nitrogen and oxygen atoms in total. The van der Waals surface area contributed by atoms with E-state index in [1.54, 1.807) is 7.11 Å². The minimum absolute atomic E-state index is 0.0327. The van der Waals surface area contributed by atoms with Crippen molar-refractivity contribution in [2.75, 3.05) is 13.3 Å². The molecule has 0 aliphatic rings. The SMILES string of the molecule is CO[Si](C)(CO)O[Si](C)(C)O[Si](C)(C)C.C[SiH2]C. The molecule has 0 rings (SSSR count). The zero-order valence-corrected chi connectivity index (χ0v) is 18.0. The lowest BCUT2D eigenvalue weighted by Gasteiger charge is -2.36. The maximum absolute atomic E-state index is 9.24. The molecule has 0 aliphatic carbocycles. The Balaban J connectivity index is 0. The van der Waals surface area contributed by atoms with Gasteiger partial charge in [0.1, 0.15) is 0 Å². The number of aliphatic hydroxyl groups is 1. The smallest absolute Gasteiger partial charge is 0.352 e. The van der Waals surface area contributed by atoms with Gasteiger partial charge in [0.05, 0.1) is 6.23 Å². The molecule has 0 saturated heterocycles. The van der Waals surface area contributed by atoms with Crippen LogP contribution in [0, 0.1) is 0 Å². The third-order valence-corrected chi connectivity index (χ3v) is 11.3. The molecule has 1 atom stereocenters. The van der Waals surface area contributed by atoms with Gasteiger partial charge >= 0.3 is 17.1 Å². The lowest BCUT2D eigenvalue weighted by Crippen LogP contribution is -2.55. The lowest BCUT2D eigenvalue weighted by molar-refractivity contribution is 0.223. The number of hydrogen-bond donors (Lipinski definition) is 1. The minimum Gasteiger partial charge on any atom is -0.437 e. The van der Waals surface area contributed by atoms with Crippen LogP contribution in [0.5, 0.6) is 0 Å². The minimum atomic E-state index is -2.42. The summed E-state index contributed by atoms with van der Waals surface area (Å²) in [4.78, 5) is 0. The van der Waals surface area contributed by atoms with E-state index in [0.29, 0.717) is 9.52 Å². The van der Waals surface area contributed by atoms with Crippen molar-refractivity contribution < 1.29 is 17.8 Å². The Morgan fingerprint density at radius 2 is 1.33 bits per heavy atom. The Labute approximate surface area is 118 Å². The summed E-state index contributed by atoms with van der Waals surface area (Å²) in [7, 11) is -4.19. The second-order valence-corrected chi connectivity index (χ2v) is 19.0. The quantitative estimate of drug-likeness (QED) is 0.758. The standard InChI is InChI=1S/C8H24O4Si3.C2H8Si/c1-10-15(7,8-9)12-14(5,6)11-13(2,3)4;1-3-2/h9H,8H2,1-7H3;3H2,1-2H3. The van der Waals surface area contributed by atoms with Gasteiger partial charge in [-0.15, -0.1) is 0 Å². The predicted molar refractivity (Wildman–Crippen MR) is 89.0 cm³/mol. The van der Waals surface area contributed by atoms with Gasteiger partial charge in [-0.25, -0.2) is 0 Å². The normalized spacial score (nSPS) is 15.7. The Bertz CT molecular complexity index is 214. The molecule has 0 bridgehead atoms. The van der Waals surface area contributed by atoms with Crippen LogP contribution >= 0.6 is 0 Å². The second-order valence-electron chi connectivity index (χ2n) is 5.92. The van der Waals surface area contributed by atoms with E-state index in [0.717, 1.165) is 0 Å². The predicted octanol–water partition coefficient (Wildman–Crippen LogP) is 2.06. The van der Waals surface area contributed by atoms with Gasteiger partial charge < -0.3 is 17.8 Å². The maximum atomic E-state index is 9.24. The molecular weight excluding hydrogens is 296 g/mol. The van der Waals surface area contributed by atoms with Crippen molar-refractivity contribution in [3.63, 3.8) is 0 Å². The van der Waals surface area contributed by atoms with Crippen molar-refractivity contribution >= 4 is 35.0 Å². The van der Waals surface area contributed by atoms with E-state index in [9.17, 15) is 5.11 Å². The van der Waals surface area contributed by atoms with Crippen LogP contribution in [0.4, 0.5) is 0 Å². The van der Waals surface area contributed by atoms with Crippen LogP contribution in [0.2, 0.25) is 52.4 Å². The number of rotatable bonds is 6. The van der Waals surface area contributed by atoms with Crippen molar-refractivity contribution in [1.82, 2.24) is 0 Å². The van der Waals surface area contributed by atoms with Crippen LogP contribution in [-0.4, -0.2) is 53.4 Å².